The molecule has 128 valence electrons. The lowest BCUT2D eigenvalue weighted by Gasteiger charge is -2.33. The summed E-state index contributed by atoms with van der Waals surface area (Å²) in [6.07, 6.45) is -0.798. The number of rotatable bonds is 3. The molecule has 0 atom stereocenters. The number of piperidine rings is 1. The van der Waals surface area contributed by atoms with E-state index < -0.39 is 11.9 Å². The van der Waals surface area contributed by atoms with Gasteiger partial charge in [-0.25, -0.2) is 19.3 Å². The smallest absolute Gasteiger partial charge is 0.367 e. The van der Waals surface area contributed by atoms with E-state index in [0.717, 1.165) is 12.4 Å². The molecule has 9 heteroatoms. The number of nitrogens with one attached hydrogen (secondary N) is 1. The van der Waals surface area contributed by atoms with Crippen LogP contribution in [0.5, 0.6) is 0 Å². The van der Waals surface area contributed by atoms with Gasteiger partial charge < -0.3 is 10.2 Å². The normalized spacial score (nSPS) is 16.2. The van der Waals surface area contributed by atoms with Crippen molar-refractivity contribution in [2.24, 2.45) is 0 Å². The highest BCUT2D eigenvalue weighted by Gasteiger charge is 2.33. The van der Waals surface area contributed by atoms with Crippen LogP contribution in [0.2, 0.25) is 0 Å². The number of anilines is 2. The number of aromatic nitrogens is 3. The summed E-state index contributed by atoms with van der Waals surface area (Å²) < 4.78 is 51.7. The highest BCUT2D eigenvalue weighted by atomic mass is 19.4. The molecule has 2 aromatic heterocycles. The summed E-state index contributed by atoms with van der Waals surface area (Å²) >= 11 is 0. The fraction of sp³-hybridized carbons (Fsp3) is 0.400. The minimum Gasteiger partial charge on any atom is -0.367 e. The van der Waals surface area contributed by atoms with E-state index in [1.54, 1.807) is 0 Å². The topological polar surface area (TPSA) is 53.9 Å². The van der Waals surface area contributed by atoms with Gasteiger partial charge in [-0.3, -0.25) is 0 Å². The summed E-state index contributed by atoms with van der Waals surface area (Å²) in [7, 11) is 0. The van der Waals surface area contributed by atoms with Gasteiger partial charge in [0.25, 0.3) is 0 Å². The second kappa shape index (κ2) is 6.58. The van der Waals surface area contributed by atoms with E-state index in [2.05, 4.69) is 20.3 Å². The van der Waals surface area contributed by atoms with Gasteiger partial charge in [-0.05, 0) is 25.0 Å². The average Bonchev–Trinajstić information content (AvgIpc) is 2.56. The van der Waals surface area contributed by atoms with E-state index >= 15 is 0 Å². The van der Waals surface area contributed by atoms with Crippen LogP contribution in [0.15, 0.2) is 30.7 Å². The van der Waals surface area contributed by atoms with Gasteiger partial charge in [0, 0.05) is 31.4 Å². The second-order valence-corrected chi connectivity index (χ2v) is 5.50. The van der Waals surface area contributed by atoms with Gasteiger partial charge in [-0.1, -0.05) is 0 Å². The molecule has 1 fully saturated rings. The van der Waals surface area contributed by atoms with Crippen LogP contribution in [0.1, 0.15) is 18.5 Å². The zero-order valence-corrected chi connectivity index (χ0v) is 12.6. The van der Waals surface area contributed by atoms with Crippen LogP contribution in [-0.4, -0.2) is 34.1 Å². The van der Waals surface area contributed by atoms with Crippen molar-refractivity contribution < 1.29 is 17.6 Å². The van der Waals surface area contributed by atoms with Gasteiger partial charge in [0.1, 0.15) is 17.8 Å². The first-order chi connectivity index (χ1) is 11.4. The highest BCUT2D eigenvalue weighted by molar-refractivity contribution is 5.41. The van der Waals surface area contributed by atoms with Crippen LogP contribution >= 0.6 is 0 Å². The molecule has 3 rings (SSSR count). The maximum absolute atomic E-state index is 13.7. The fourth-order valence-corrected chi connectivity index (χ4v) is 2.65. The molecule has 3 heterocycles. The van der Waals surface area contributed by atoms with Crippen molar-refractivity contribution in [3.05, 3.63) is 42.2 Å². The third kappa shape index (κ3) is 3.72. The molecule has 0 aliphatic carbocycles. The quantitative estimate of drug-likeness (QED) is 0.870. The molecule has 1 saturated heterocycles. The molecule has 0 bridgehead atoms. The van der Waals surface area contributed by atoms with Crippen molar-refractivity contribution in [3.63, 3.8) is 0 Å². The van der Waals surface area contributed by atoms with E-state index in [1.807, 2.05) is 4.90 Å². The standard InChI is InChI=1S/C15H15F4N5/c16-11-2-1-5-20-14(11)24-6-3-10(4-7-24)23-13-8-12(15(17,18)19)21-9-22-13/h1-2,5,8-10H,3-4,6-7H2,(H,21,22,23). The van der Waals surface area contributed by atoms with Crippen molar-refractivity contribution in [3.8, 4) is 0 Å². The predicted molar refractivity (Wildman–Crippen MR) is 80.1 cm³/mol. The molecule has 0 aromatic carbocycles. The molecule has 0 unspecified atom stereocenters. The Hall–Kier alpha value is -2.45. The summed E-state index contributed by atoms with van der Waals surface area (Å²) in [5.41, 5.74) is -0.979. The van der Waals surface area contributed by atoms with Gasteiger partial charge in [0.05, 0.1) is 0 Å². The predicted octanol–water partition coefficient (Wildman–Crippen LogP) is 3.11. The molecule has 0 spiro atoms. The minimum atomic E-state index is -4.50. The molecule has 0 radical (unpaired) electrons. The Kier molecular flexibility index (Phi) is 4.50. The summed E-state index contributed by atoms with van der Waals surface area (Å²) in [4.78, 5) is 12.9. The third-order valence-electron chi connectivity index (χ3n) is 3.84. The molecule has 0 amide bonds. The maximum Gasteiger partial charge on any atom is 0.433 e. The molecular weight excluding hydrogens is 326 g/mol. The zero-order chi connectivity index (χ0) is 17.2. The van der Waals surface area contributed by atoms with Crippen molar-refractivity contribution in [1.29, 1.82) is 0 Å². The number of alkyl halides is 3. The van der Waals surface area contributed by atoms with Gasteiger partial charge in [-0.2, -0.15) is 13.2 Å². The van der Waals surface area contributed by atoms with Gasteiger partial charge in [0.15, 0.2) is 11.6 Å². The van der Waals surface area contributed by atoms with Gasteiger partial charge in [-0.15, -0.1) is 0 Å². The maximum atomic E-state index is 13.7. The Labute approximate surface area is 135 Å². The lowest BCUT2D eigenvalue weighted by atomic mass is 10.0. The largest absolute Gasteiger partial charge is 0.433 e. The summed E-state index contributed by atoms with van der Waals surface area (Å²) in [5, 5.41) is 2.99. The second-order valence-electron chi connectivity index (χ2n) is 5.50. The number of hydrogen-bond acceptors (Lipinski definition) is 5. The van der Waals surface area contributed by atoms with Crippen molar-refractivity contribution in [1.82, 2.24) is 15.0 Å². The molecule has 5 nitrogen and oxygen atoms in total. The average molecular weight is 341 g/mol. The van der Waals surface area contributed by atoms with E-state index in [0.29, 0.717) is 31.7 Å². The van der Waals surface area contributed by atoms with Gasteiger partial charge >= 0.3 is 6.18 Å². The Morgan fingerprint density at radius 2 is 1.88 bits per heavy atom. The van der Waals surface area contributed by atoms with Gasteiger partial charge in [0.2, 0.25) is 0 Å². The molecule has 2 aromatic rings. The molecule has 1 aliphatic rings. The molecule has 1 aliphatic heterocycles. The SMILES string of the molecule is Fc1cccnc1N1CCC(Nc2cc(C(F)(F)F)ncn2)CC1. The molecular formula is C15H15F4N5. The first-order valence-corrected chi connectivity index (χ1v) is 7.45. The van der Waals surface area contributed by atoms with Crippen molar-refractivity contribution in [2.75, 3.05) is 23.3 Å². The van der Waals surface area contributed by atoms with Crippen molar-refractivity contribution >= 4 is 11.6 Å². The van der Waals surface area contributed by atoms with E-state index in [-0.39, 0.29) is 17.7 Å². The van der Waals surface area contributed by atoms with Crippen LogP contribution < -0.4 is 10.2 Å². The molecule has 1 N–H and O–H groups in total. The van der Waals surface area contributed by atoms with Crippen LogP contribution in [0.25, 0.3) is 0 Å². The zero-order valence-electron chi connectivity index (χ0n) is 12.6. The lowest BCUT2D eigenvalue weighted by Crippen LogP contribution is -2.40. The summed E-state index contributed by atoms with van der Waals surface area (Å²) in [6, 6.07) is 3.74. The Balaban J connectivity index is 1.61. The number of nitrogens with zero attached hydrogens (tertiary/aromatic N) is 4. The minimum absolute atomic E-state index is 0.0380. The fourth-order valence-electron chi connectivity index (χ4n) is 2.65. The number of halogens is 4. The number of pyridine rings is 1. The van der Waals surface area contributed by atoms with Crippen molar-refractivity contribution in [2.45, 2.75) is 25.1 Å². The third-order valence-corrected chi connectivity index (χ3v) is 3.84. The first-order valence-electron chi connectivity index (χ1n) is 7.45. The van der Waals surface area contributed by atoms with Crippen LogP contribution in [0, 0.1) is 5.82 Å². The summed E-state index contributed by atoms with van der Waals surface area (Å²) in [5.74, 6) is 0.0617. The van der Waals surface area contributed by atoms with Crippen LogP contribution in [-0.2, 0) is 6.18 Å². The highest BCUT2D eigenvalue weighted by Crippen LogP contribution is 2.29. The van der Waals surface area contributed by atoms with Crippen LogP contribution in [0.4, 0.5) is 29.2 Å². The first kappa shape index (κ1) is 16.4. The molecule has 0 saturated carbocycles. The van der Waals surface area contributed by atoms with E-state index in [4.69, 9.17) is 0 Å². The molecule has 24 heavy (non-hydrogen) atoms. The number of hydrogen-bond donors (Lipinski definition) is 1. The van der Waals surface area contributed by atoms with E-state index in [9.17, 15) is 17.6 Å². The Morgan fingerprint density at radius 3 is 2.54 bits per heavy atom. The Morgan fingerprint density at radius 1 is 1.12 bits per heavy atom. The van der Waals surface area contributed by atoms with Crippen LogP contribution in [0.3, 0.4) is 0 Å². The monoisotopic (exact) mass is 341 g/mol. The van der Waals surface area contributed by atoms with E-state index in [1.165, 1.54) is 18.3 Å². The Bertz CT molecular complexity index is 698. The lowest BCUT2D eigenvalue weighted by molar-refractivity contribution is -0.141. The summed E-state index contributed by atoms with van der Waals surface area (Å²) in [6.45, 7) is 1.12.